The van der Waals surface area contributed by atoms with Crippen molar-refractivity contribution in [2.75, 3.05) is 56.0 Å². The van der Waals surface area contributed by atoms with Crippen LogP contribution in [0.4, 0.5) is 21.9 Å². The molecule has 5 rings (SSSR count). The summed E-state index contributed by atoms with van der Waals surface area (Å²) in [6.07, 6.45) is 5.16. The minimum Gasteiger partial charge on any atom is -0.410 e. The van der Waals surface area contributed by atoms with Crippen LogP contribution in [-0.4, -0.2) is 58.3 Å². The molecule has 1 aliphatic carbocycles. The summed E-state index contributed by atoms with van der Waals surface area (Å²) in [5.41, 5.74) is 5.68. The van der Waals surface area contributed by atoms with Crippen LogP contribution in [0.2, 0.25) is 0 Å². The fraction of sp³-hybridized carbons (Fsp3) is 0.441. The second kappa shape index (κ2) is 11.4. The number of fused-ring (bicyclic) bond motifs is 1. The van der Waals surface area contributed by atoms with E-state index in [2.05, 4.69) is 128 Å². The summed E-state index contributed by atoms with van der Waals surface area (Å²) in [6.45, 7) is 6.09. The molecular formula is C34H44N4O2. The number of ether oxygens (including phenoxy) is 1. The van der Waals surface area contributed by atoms with E-state index in [1.165, 1.54) is 6.42 Å². The number of benzene rings is 3. The van der Waals surface area contributed by atoms with E-state index in [1.807, 2.05) is 0 Å². The Hall–Kier alpha value is -3.67. The Kier molecular flexibility index (Phi) is 7.97. The summed E-state index contributed by atoms with van der Waals surface area (Å²) in [7, 11) is 8.23. The van der Waals surface area contributed by atoms with Crippen LogP contribution in [0.3, 0.4) is 0 Å². The molecule has 6 heteroatoms. The lowest BCUT2D eigenvalue weighted by Crippen LogP contribution is -2.59. The quantitative estimate of drug-likeness (QED) is 0.305. The summed E-state index contributed by atoms with van der Waals surface area (Å²) in [4.78, 5) is 22.9. The van der Waals surface area contributed by atoms with Crippen molar-refractivity contribution in [3.05, 3.63) is 83.4 Å². The van der Waals surface area contributed by atoms with Crippen LogP contribution in [0.15, 0.2) is 66.7 Å². The highest BCUT2D eigenvalue weighted by atomic mass is 16.6. The zero-order valence-electron chi connectivity index (χ0n) is 25.0. The molecule has 1 fully saturated rings. The molecular weight excluding hydrogens is 496 g/mol. The van der Waals surface area contributed by atoms with Gasteiger partial charge in [0.15, 0.2) is 0 Å². The zero-order chi connectivity index (χ0) is 28.4. The number of carbonyl (C=O) groups excluding carboxylic acids is 1. The van der Waals surface area contributed by atoms with Crippen molar-refractivity contribution in [3.63, 3.8) is 0 Å². The average Bonchev–Trinajstić information content (AvgIpc) is 2.97. The van der Waals surface area contributed by atoms with Gasteiger partial charge in [0.1, 0.15) is 11.3 Å². The van der Waals surface area contributed by atoms with E-state index in [1.54, 1.807) is 0 Å². The fourth-order valence-corrected chi connectivity index (χ4v) is 6.61. The SMILES string of the molecule is CCN(CC)c1ccc2c(c1)OC(=O)N(C1CCCCC1)C2(c1ccc(N(C)C)cc1)c1ccc(N(C)C)cc1. The predicted octanol–water partition coefficient (Wildman–Crippen LogP) is 7.10. The van der Waals surface area contributed by atoms with Gasteiger partial charge in [-0.25, -0.2) is 4.79 Å². The second-order valence-corrected chi connectivity index (χ2v) is 11.5. The van der Waals surface area contributed by atoms with Crippen LogP contribution in [0.1, 0.15) is 62.6 Å². The lowest BCUT2D eigenvalue weighted by Gasteiger charge is -2.52. The Labute approximate surface area is 240 Å². The second-order valence-electron chi connectivity index (χ2n) is 11.5. The van der Waals surface area contributed by atoms with E-state index in [0.717, 1.165) is 72.5 Å². The lowest BCUT2D eigenvalue weighted by atomic mass is 9.72. The first-order chi connectivity index (χ1) is 19.3. The Balaban J connectivity index is 1.82. The Morgan fingerprint density at radius 1 is 0.750 bits per heavy atom. The van der Waals surface area contributed by atoms with E-state index in [9.17, 15) is 4.79 Å². The van der Waals surface area contributed by atoms with Gasteiger partial charge >= 0.3 is 6.09 Å². The molecule has 6 nitrogen and oxygen atoms in total. The molecule has 3 aromatic rings. The van der Waals surface area contributed by atoms with Crippen LogP contribution >= 0.6 is 0 Å². The number of carbonyl (C=O) groups is 1. The van der Waals surface area contributed by atoms with Gasteiger partial charge < -0.3 is 19.4 Å². The molecule has 0 aromatic heterocycles. The molecule has 0 unspecified atom stereocenters. The van der Waals surface area contributed by atoms with E-state index in [4.69, 9.17) is 4.74 Å². The van der Waals surface area contributed by atoms with Crippen molar-refractivity contribution in [2.24, 2.45) is 0 Å². The van der Waals surface area contributed by atoms with Gasteiger partial charge in [0.2, 0.25) is 0 Å². The number of nitrogens with zero attached hydrogens (tertiary/aromatic N) is 4. The molecule has 0 N–H and O–H groups in total. The van der Waals surface area contributed by atoms with Gasteiger partial charge in [-0.1, -0.05) is 49.6 Å². The van der Waals surface area contributed by atoms with Gasteiger partial charge in [0.05, 0.1) is 0 Å². The Bertz CT molecular complexity index is 1260. The summed E-state index contributed by atoms with van der Waals surface area (Å²) < 4.78 is 6.24. The highest BCUT2D eigenvalue weighted by Crippen LogP contribution is 2.52. The van der Waals surface area contributed by atoms with Crippen molar-refractivity contribution in [1.82, 2.24) is 4.90 Å². The van der Waals surface area contributed by atoms with Crippen LogP contribution < -0.4 is 19.4 Å². The maximum Gasteiger partial charge on any atom is 0.416 e. The van der Waals surface area contributed by atoms with Crippen LogP contribution in [0.25, 0.3) is 0 Å². The lowest BCUT2D eigenvalue weighted by molar-refractivity contribution is 0.0560. The molecule has 1 aliphatic heterocycles. The van der Waals surface area contributed by atoms with Gasteiger partial charge in [-0.2, -0.15) is 0 Å². The van der Waals surface area contributed by atoms with Crippen LogP contribution in [0.5, 0.6) is 5.75 Å². The van der Waals surface area contributed by atoms with E-state index < -0.39 is 5.54 Å². The third-order valence-electron chi connectivity index (χ3n) is 8.78. The van der Waals surface area contributed by atoms with Crippen molar-refractivity contribution in [3.8, 4) is 5.75 Å². The summed E-state index contributed by atoms with van der Waals surface area (Å²) in [6, 6.07) is 24.0. The van der Waals surface area contributed by atoms with Crippen molar-refractivity contribution in [2.45, 2.75) is 57.5 Å². The van der Waals surface area contributed by atoms with Crippen molar-refractivity contribution >= 4 is 23.2 Å². The molecule has 1 heterocycles. The normalized spacial score (nSPS) is 16.8. The largest absolute Gasteiger partial charge is 0.416 e. The first kappa shape index (κ1) is 27.9. The summed E-state index contributed by atoms with van der Waals surface area (Å²) in [5, 5.41) is 0. The fourth-order valence-electron chi connectivity index (χ4n) is 6.61. The molecule has 0 atom stereocenters. The topological polar surface area (TPSA) is 39.3 Å². The zero-order valence-corrected chi connectivity index (χ0v) is 25.0. The summed E-state index contributed by atoms with van der Waals surface area (Å²) >= 11 is 0. The average molecular weight is 541 g/mol. The molecule has 40 heavy (non-hydrogen) atoms. The van der Waals surface area contributed by atoms with Crippen LogP contribution in [-0.2, 0) is 5.54 Å². The first-order valence-corrected chi connectivity index (χ1v) is 14.8. The Morgan fingerprint density at radius 2 is 1.25 bits per heavy atom. The maximum absolute atomic E-state index is 14.3. The standard InChI is InChI=1S/C34H44N4O2/c1-7-37(8-2)30-22-23-31-32(24-30)40-33(39)38(29-12-10-9-11-13-29)34(31,25-14-18-27(19-15-25)35(3)4)26-16-20-28(21-17-26)36(5)6/h14-24,29H,7-13H2,1-6H3. The van der Waals surface area contributed by atoms with Crippen LogP contribution in [0, 0.1) is 0 Å². The predicted molar refractivity (Wildman–Crippen MR) is 166 cm³/mol. The number of amides is 1. The van der Waals surface area contributed by atoms with Gasteiger partial charge in [0, 0.05) is 76.0 Å². The van der Waals surface area contributed by atoms with E-state index >= 15 is 0 Å². The molecule has 0 spiro atoms. The number of anilines is 3. The van der Waals surface area contributed by atoms with Gasteiger partial charge in [-0.3, -0.25) is 4.90 Å². The minimum atomic E-state index is -0.815. The molecule has 3 aromatic carbocycles. The molecule has 0 bridgehead atoms. The van der Waals surface area contributed by atoms with Gasteiger partial charge in [0.25, 0.3) is 0 Å². The molecule has 2 aliphatic rings. The monoisotopic (exact) mass is 540 g/mol. The van der Waals surface area contributed by atoms with E-state index in [-0.39, 0.29) is 12.1 Å². The molecule has 212 valence electrons. The molecule has 1 amide bonds. The highest BCUT2D eigenvalue weighted by Gasteiger charge is 2.53. The van der Waals surface area contributed by atoms with Crippen molar-refractivity contribution < 1.29 is 9.53 Å². The summed E-state index contributed by atoms with van der Waals surface area (Å²) in [5.74, 6) is 0.648. The third-order valence-corrected chi connectivity index (χ3v) is 8.78. The third kappa shape index (κ3) is 4.78. The number of hydrogen-bond acceptors (Lipinski definition) is 5. The van der Waals surface area contributed by atoms with Gasteiger partial charge in [-0.15, -0.1) is 0 Å². The van der Waals surface area contributed by atoms with E-state index in [0.29, 0.717) is 5.75 Å². The maximum atomic E-state index is 14.3. The highest BCUT2D eigenvalue weighted by molar-refractivity contribution is 5.81. The number of rotatable bonds is 8. The first-order valence-electron chi connectivity index (χ1n) is 14.8. The van der Waals surface area contributed by atoms with Gasteiger partial charge in [-0.05, 0) is 68.1 Å². The minimum absolute atomic E-state index is 0.0962. The Morgan fingerprint density at radius 3 is 1.73 bits per heavy atom. The molecule has 0 saturated heterocycles. The molecule has 1 saturated carbocycles. The number of hydrogen-bond donors (Lipinski definition) is 0. The molecule has 0 radical (unpaired) electrons. The van der Waals surface area contributed by atoms with Crippen molar-refractivity contribution in [1.29, 1.82) is 0 Å². The smallest absolute Gasteiger partial charge is 0.410 e.